The molecular formula is C28H35FN4O. The van der Waals surface area contributed by atoms with Gasteiger partial charge in [0.15, 0.2) is 0 Å². The lowest BCUT2D eigenvalue weighted by atomic mass is 9.61. The van der Waals surface area contributed by atoms with Crippen LogP contribution in [-0.4, -0.2) is 55.1 Å². The number of fused-ring (bicyclic) bond motifs is 2. The van der Waals surface area contributed by atoms with E-state index in [4.69, 9.17) is 11.1 Å². The first kappa shape index (κ1) is 22.8. The van der Waals surface area contributed by atoms with Crippen LogP contribution in [0.5, 0.6) is 0 Å². The number of nitrogens with zero attached hydrogens (tertiary/aromatic N) is 2. The molecule has 1 atom stereocenters. The Kier molecular flexibility index (Phi) is 5.80. The molecule has 5 rings (SSSR count). The smallest absolute Gasteiger partial charge is 0.256 e. The third-order valence-corrected chi connectivity index (χ3v) is 8.12. The highest BCUT2D eigenvalue weighted by molar-refractivity contribution is 5.96. The van der Waals surface area contributed by atoms with Crippen molar-refractivity contribution < 1.29 is 10.6 Å². The standard InChI is InChI=1S/C28H33FN4O.H2/c1-28(19-8-9-21(24(29)15-19)27(34)33-13-11-32(2)12-14-33)16-18-7-10-25(31)22(17-30)26(18)20-5-3-4-6-23(20)28;/h7-10,15,17,30H,3-6,11-14,16,31H2,1-2H3;1H. The van der Waals surface area contributed by atoms with Gasteiger partial charge in [-0.25, -0.2) is 4.39 Å². The molecule has 0 radical (unpaired) electrons. The Morgan fingerprint density at radius 1 is 1.15 bits per heavy atom. The number of likely N-dealkylation sites (N-methyl/N-ethyl adjacent to an activating group) is 1. The van der Waals surface area contributed by atoms with Gasteiger partial charge < -0.3 is 20.9 Å². The third-order valence-electron chi connectivity index (χ3n) is 8.12. The van der Waals surface area contributed by atoms with Crippen LogP contribution in [0.2, 0.25) is 0 Å². The zero-order valence-electron chi connectivity index (χ0n) is 20.1. The quantitative estimate of drug-likeness (QED) is 0.504. The van der Waals surface area contributed by atoms with E-state index in [-0.39, 0.29) is 18.3 Å². The first-order valence-corrected chi connectivity index (χ1v) is 12.3. The van der Waals surface area contributed by atoms with Gasteiger partial charge in [0.1, 0.15) is 5.82 Å². The van der Waals surface area contributed by atoms with Crippen LogP contribution >= 0.6 is 0 Å². The highest BCUT2D eigenvalue weighted by atomic mass is 19.1. The lowest BCUT2D eigenvalue weighted by Gasteiger charge is -2.43. The fourth-order valence-corrected chi connectivity index (χ4v) is 6.11. The number of hydrogen-bond acceptors (Lipinski definition) is 4. The van der Waals surface area contributed by atoms with Crippen molar-refractivity contribution in [1.82, 2.24) is 9.80 Å². The Morgan fingerprint density at radius 3 is 2.59 bits per heavy atom. The van der Waals surface area contributed by atoms with Gasteiger partial charge in [-0.3, -0.25) is 4.79 Å². The molecule has 3 aliphatic rings. The van der Waals surface area contributed by atoms with Crippen molar-refractivity contribution in [2.45, 2.75) is 44.4 Å². The largest absolute Gasteiger partial charge is 0.398 e. The topological polar surface area (TPSA) is 73.4 Å². The summed E-state index contributed by atoms with van der Waals surface area (Å²) in [6.07, 6.45) is 6.22. The number of nitrogens with two attached hydrogens (primary N) is 1. The maximum absolute atomic E-state index is 15.4. The molecule has 2 aliphatic carbocycles. The number of nitrogen functional groups attached to an aromatic ring is 1. The summed E-state index contributed by atoms with van der Waals surface area (Å²) in [7, 11) is 2.04. The summed E-state index contributed by atoms with van der Waals surface area (Å²) in [5, 5.41) is 7.97. The SMILES string of the molecule is CN1CCN(C(=O)c2ccc(C3(C)Cc4ccc(N)c(C=N)c4C4=C3CCCC4)cc2F)CC1.[HH]. The first-order chi connectivity index (χ1) is 16.3. The van der Waals surface area contributed by atoms with E-state index < -0.39 is 5.82 Å². The number of halogens is 1. The monoisotopic (exact) mass is 462 g/mol. The van der Waals surface area contributed by atoms with Gasteiger partial charge in [-0.2, -0.15) is 0 Å². The summed E-state index contributed by atoms with van der Waals surface area (Å²) in [6, 6.07) is 9.16. The molecule has 3 N–H and O–H groups in total. The van der Waals surface area contributed by atoms with Crippen molar-refractivity contribution in [2.24, 2.45) is 0 Å². The highest BCUT2D eigenvalue weighted by Crippen LogP contribution is 2.51. The Labute approximate surface area is 202 Å². The minimum atomic E-state index is -0.441. The average molecular weight is 463 g/mol. The predicted octanol–water partition coefficient (Wildman–Crippen LogP) is 4.88. The van der Waals surface area contributed by atoms with E-state index in [1.807, 2.05) is 19.2 Å². The van der Waals surface area contributed by atoms with E-state index in [9.17, 15) is 4.79 Å². The van der Waals surface area contributed by atoms with Gasteiger partial charge in [-0.05, 0) is 79.6 Å². The van der Waals surface area contributed by atoms with Gasteiger partial charge in [0.05, 0.1) is 5.56 Å². The van der Waals surface area contributed by atoms with Gasteiger partial charge in [-0.1, -0.05) is 24.6 Å². The molecule has 1 saturated heterocycles. The molecule has 1 heterocycles. The van der Waals surface area contributed by atoms with E-state index >= 15 is 4.39 Å². The molecule has 0 spiro atoms. The number of piperazine rings is 1. The zero-order chi connectivity index (χ0) is 24.0. The summed E-state index contributed by atoms with van der Waals surface area (Å²) >= 11 is 0. The number of carbonyl (C=O) groups is 1. The van der Waals surface area contributed by atoms with Crippen LogP contribution < -0.4 is 5.73 Å². The Hall–Kier alpha value is -2.99. The van der Waals surface area contributed by atoms with E-state index in [0.717, 1.165) is 67.4 Å². The van der Waals surface area contributed by atoms with Crippen LogP contribution in [0.3, 0.4) is 0 Å². The number of rotatable bonds is 3. The number of carbonyl (C=O) groups excluding carboxylic acids is 1. The average Bonchev–Trinajstić information content (AvgIpc) is 2.84. The highest BCUT2D eigenvalue weighted by Gasteiger charge is 2.40. The number of benzene rings is 2. The number of hydrogen-bond donors (Lipinski definition) is 2. The number of nitrogens with one attached hydrogen (secondary N) is 1. The number of allylic oxidation sites excluding steroid dienone is 2. The second-order valence-electron chi connectivity index (χ2n) is 10.2. The molecule has 1 unspecified atom stereocenters. The summed E-state index contributed by atoms with van der Waals surface area (Å²) < 4.78 is 15.4. The van der Waals surface area contributed by atoms with Crippen LogP contribution in [0.4, 0.5) is 10.1 Å². The molecule has 34 heavy (non-hydrogen) atoms. The minimum absolute atomic E-state index is 0. The Bertz CT molecular complexity index is 1200. The maximum Gasteiger partial charge on any atom is 0.256 e. The third kappa shape index (κ3) is 3.65. The Morgan fingerprint density at radius 2 is 1.88 bits per heavy atom. The van der Waals surface area contributed by atoms with E-state index in [2.05, 4.69) is 17.9 Å². The molecule has 6 heteroatoms. The van der Waals surface area contributed by atoms with E-state index in [1.165, 1.54) is 17.4 Å². The molecule has 0 saturated carbocycles. The van der Waals surface area contributed by atoms with Gasteiger partial charge in [0.2, 0.25) is 0 Å². The lowest BCUT2D eigenvalue weighted by molar-refractivity contribution is 0.0659. The minimum Gasteiger partial charge on any atom is -0.398 e. The molecule has 1 fully saturated rings. The summed E-state index contributed by atoms with van der Waals surface area (Å²) in [6.45, 7) is 5.07. The van der Waals surface area contributed by atoms with Gasteiger partial charge >= 0.3 is 0 Å². The van der Waals surface area contributed by atoms with Crippen molar-refractivity contribution in [3.8, 4) is 0 Å². The van der Waals surface area contributed by atoms with Crippen LogP contribution in [0.1, 0.15) is 66.6 Å². The fourth-order valence-electron chi connectivity index (χ4n) is 6.11. The van der Waals surface area contributed by atoms with Crippen molar-refractivity contribution >= 4 is 23.4 Å². The molecule has 5 nitrogen and oxygen atoms in total. The molecule has 1 amide bonds. The molecule has 2 aromatic rings. The van der Waals surface area contributed by atoms with Crippen LogP contribution in [-0.2, 0) is 11.8 Å². The van der Waals surface area contributed by atoms with Gasteiger partial charge in [0, 0.05) is 50.5 Å². The molecule has 0 bridgehead atoms. The number of anilines is 1. The Balaban J connectivity index is 0.00000289. The lowest BCUT2D eigenvalue weighted by Crippen LogP contribution is -2.47. The summed E-state index contributed by atoms with van der Waals surface area (Å²) in [5.74, 6) is -0.663. The molecular weight excluding hydrogens is 427 g/mol. The van der Waals surface area contributed by atoms with Crippen LogP contribution in [0.25, 0.3) is 5.57 Å². The zero-order valence-corrected chi connectivity index (χ0v) is 20.1. The first-order valence-electron chi connectivity index (χ1n) is 12.3. The van der Waals surface area contributed by atoms with Crippen molar-refractivity contribution in [3.05, 3.63) is 69.5 Å². The van der Waals surface area contributed by atoms with Crippen molar-refractivity contribution in [2.75, 3.05) is 39.0 Å². The normalized spacial score (nSPS) is 22.9. The van der Waals surface area contributed by atoms with Gasteiger partial charge in [0.25, 0.3) is 5.91 Å². The molecule has 180 valence electrons. The van der Waals surface area contributed by atoms with E-state index in [1.54, 1.807) is 17.0 Å². The second kappa shape index (κ2) is 8.66. The number of amides is 1. The maximum atomic E-state index is 15.4. The van der Waals surface area contributed by atoms with Crippen molar-refractivity contribution in [3.63, 3.8) is 0 Å². The summed E-state index contributed by atoms with van der Waals surface area (Å²) in [4.78, 5) is 16.9. The molecule has 0 aromatic heterocycles. The molecule has 1 aliphatic heterocycles. The molecule has 2 aromatic carbocycles. The van der Waals surface area contributed by atoms with Gasteiger partial charge in [-0.15, -0.1) is 0 Å². The van der Waals surface area contributed by atoms with Crippen LogP contribution in [0.15, 0.2) is 35.9 Å². The fraction of sp³-hybridized carbons (Fsp3) is 0.429. The predicted molar refractivity (Wildman–Crippen MR) is 137 cm³/mol. The summed E-state index contributed by atoms with van der Waals surface area (Å²) in [5.41, 5.74) is 13.3. The van der Waals surface area contributed by atoms with E-state index in [0.29, 0.717) is 18.8 Å². The van der Waals surface area contributed by atoms with Crippen molar-refractivity contribution in [1.29, 1.82) is 5.41 Å². The van der Waals surface area contributed by atoms with Crippen LogP contribution in [0, 0.1) is 11.2 Å². The second-order valence-corrected chi connectivity index (χ2v) is 10.2.